The molecular formula is C14H11N5S. The lowest BCUT2D eigenvalue weighted by atomic mass is 10.1. The van der Waals surface area contributed by atoms with E-state index >= 15 is 0 Å². The number of nitrogens with zero attached hydrogens (tertiary/aromatic N) is 4. The van der Waals surface area contributed by atoms with E-state index < -0.39 is 0 Å². The van der Waals surface area contributed by atoms with E-state index in [1.807, 2.05) is 25.1 Å². The minimum absolute atomic E-state index is 0.728. The molecule has 0 saturated heterocycles. The Kier molecular flexibility index (Phi) is 2.28. The zero-order valence-corrected chi connectivity index (χ0v) is 11.6. The first-order valence-corrected chi connectivity index (χ1v) is 7.01. The summed E-state index contributed by atoms with van der Waals surface area (Å²) in [6, 6.07) is 12.2. The maximum Gasteiger partial charge on any atom is 0.234 e. The molecule has 4 rings (SSSR count). The van der Waals surface area contributed by atoms with Crippen molar-refractivity contribution in [3.8, 4) is 10.6 Å². The molecule has 0 spiro atoms. The van der Waals surface area contributed by atoms with Crippen LogP contribution in [0.2, 0.25) is 0 Å². The first kappa shape index (κ1) is 11.4. The molecule has 6 heteroatoms. The number of aromatic nitrogens is 4. The lowest BCUT2D eigenvalue weighted by molar-refractivity contribution is 0.898. The van der Waals surface area contributed by atoms with Gasteiger partial charge in [-0.05, 0) is 29.8 Å². The molecule has 0 bridgehead atoms. The Balaban J connectivity index is 1.98. The third-order valence-corrected chi connectivity index (χ3v) is 4.23. The van der Waals surface area contributed by atoms with Crippen LogP contribution in [0.4, 0.5) is 5.69 Å². The Morgan fingerprint density at radius 3 is 2.60 bits per heavy atom. The highest BCUT2D eigenvalue weighted by Crippen LogP contribution is 2.33. The number of fused-ring (bicyclic) bond motifs is 2. The van der Waals surface area contributed by atoms with E-state index in [2.05, 4.69) is 33.5 Å². The summed E-state index contributed by atoms with van der Waals surface area (Å²) in [4.78, 5) is 0.782. The number of aryl methyl sites for hydroxylation is 1. The summed E-state index contributed by atoms with van der Waals surface area (Å²) < 4.78 is 1.74. The summed E-state index contributed by atoms with van der Waals surface area (Å²) in [6.45, 7) is 1.88. The van der Waals surface area contributed by atoms with Crippen LogP contribution in [-0.2, 0) is 0 Å². The molecule has 2 heterocycles. The molecule has 0 atom stereocenters. The zero-order valence-electron chi connectivity index (χ0n) is 10.7. The molecule has 98 valence electrons. The van der Waals surface area contributed by atoms with E-state index in [1.165, 1.54) is 11.3 Å². The Morgan fingerprint density at radius 2 is 1.85 bits per heavy atom. The smallest absolute Gasteiger partial charge is 0.234 e. The molecule has 0 unspecified atom stereocenters. The molecule has 0 amide bonds. The molecule has 4 aromatic rings. The second kappa shape index (κ2) is 4.01. The summed E-state index contributed by atoms with van der Waals surface area (Å²) in [7, 11) is 0. The molecule has 20 heavy (non-hydrogen) atoms. The minimum Gasteiger partial charge on any atom is -0.398 e. The number of hydrogen-bond acceptors (Lipinski definition) is 5. The topological polar surface area (TPSA) is 69.1 Å². The van der Waals surface area contributed by atoms with Gasteiger partial charge in [0.25, 0.3) is 0 Å². The summed E-state index contributed by atoms with van der Waals surface area (Å²) in [6.07, 6.45) is 0. The van der Waals surface area contributed by atoms with Crippen LogP contribution in [-0.4, -0.2) is 19.8 Å². The lowest BCUT2D eigenvalue weighted by Crippen LogP contribution is -1.92. The molecule has 2 aromatic heterocycles. The summed E-state index contributed by atoms with van der Waals surface area (Å²) in [5, 5.41) is 15.8. The van der Waals surface area contributed by atoms with Crippen molar-refractivity contribution >= 4 is 32.8 Å². The van der Waals surface area contributed by atoms with Crippen molar-refractivity contribution in [1.82, 2.24) is 19.8 Å². The van der Waals surface area contributed by atoms with Crippen molar-refractivity contribution in [2.45, 2.75) is 6.92 Å². The fraction of sp³-hybridized carbons (Fsp3) is 0.0714. The van der Waals surface area contributed by atoms with Crippen molar-refractivity contribution in [2.24, 2.45) is 0 Å². The number of anilines is 1. The van der Waals surface area contributed by atoms with Crippen LogP contribution in [0.1, 0.15) is 5.82 Å². The van der Waals surface area contributed by atoms with Gasteiger partial charge in [-0.15, -0.1) is 10.2 Å². The molecule has 0 radical (unpaired) electrons. The van der Waals surface area contributed by atoms with Crippen molar-refractivity contribution in [1.29, 1.82) is 0 Å². The summed E-state index contributed by atoms with van der Waals surface area (Å²) in [5.74, 6) is 0.780. The number of hydrogen-bond donors (Lipinski definition) is 1. The average molecular weight is 281 g/mol. The molecule has 0 aliphatic rings. The highest BCUT2D eigenvalue weighted by Gasteiger charge is 2.13. The molecule has 0 saturated carbocycles. The van der Waals surface area contributed by atoms with Crippen LogP contribution < -0.4 is 5.73 Å². The molecular weight excluding hydrogens is 270 g/mol. The molecule has 0 fully saturated rings. The first-order chi connectivity index (χ1) is 9.72. The third kappa shape index (κ3) is 1.58. The van der Waals surface area contributed by atoms with Crippen molar-refractivity contribution in [3.05, 3.63) is 42.2 Å². The molecule has 2 aromatic carbocycles. The molecule has 5 nitrogen and oxygen atoms in total. The number of rotatable bonds is 1. The maximum atomic E-state index is 6.17. The van der Waals surface area contributed by atoms with E-state index in [1.54, 1.807) is 4.52 Å². The first-order valence-electron chi connectivity index (χ1n) is 6.20. The standard InChI is InChI=1S/C14H11N5S/c1-8-16-17-14-19(8)18-13(20-14)11-6-9-4-2-3-5-10(9)7-12(11)15/h2-7H,15H2,1H3. The fourth-order valence-corrected chi connectivity index (χ4v) is 3.19. The summed E-state index contributed by atoms with van der Waals surface area (Å²) in [5.41, 5.74) is 7.84. The van der Waals surface area contributed by atoms with Crippen LogP contribution >= 0.6 is 11.3 Å². The fourth-order valence-electron chi connectivity index (χ4n) is 2.27. The SMILES string of the molecule is Cc1nnc2sc(-c3cc4ccccc4cc3N)nn12. The van der Waals surface area contributed by atoms with Crippen molar-refractivity contribution in [3.63, 3.8) is 0 Å². The quantitative estimate of drug-likeness (QED) is 0.545. The van der Waals surface area contributed by atoms with Crippen LogP contribution in [0, 0.1) is 6.92 Å². The van der Waals surface area contributed by atoms with Gasteiger partial charge in [-0.3, -0.25) is 0 Å². The van der Waals surface area contributed by atoms with E-state index in [0.717, 1.165) is 37.8 Å². The second-order valence-electron chi connectivity index (χ2n) is 4.64. The Bertz CT molecular complexity index is 937. The van der Waals surface area contributed by atoms with Crippen LogP contribution in [0.3, 0.4) is 0 Å². The normalized spacial score (nSPS) is 11.4. The number of nitrogen functional groups attached to an aromatic ring is 1. The van der Waals surface area contributed by atoms with Gasteiger partial charge in [0.15, 0.2) is 5.82 Å². The predicted octanol–water partition coefficient (Wildman–Crippen LogP) is 2.90. The number of nitrogens with two attached hydrogens (primary N) is 1. The van der Waals surface area contributed by atoms with Gasteiger partial charge in [0.05, 0.1) is 0 Å². The number of benzene rings is 2. The van der Waals surface area contributed by atoms with Crippen molar-refractivity contribution in [2.75, 3.05) is 5.73 Å². The Hall–Kier alpha value is -2.47. The lowest BCUT2D eigenvalue weighted by Gasteiger charge is -2.04. The summed E-state index contributed by atoms with van der Waals surface area (Å²) >= 11 is 1.49. The molecule has 2 N–H and O–H groups in total. The maximum absolute atomic E-state index is 6.17. The predicted molar refractivity (Wildman–Crippen MR) is 80.8 cm³/mol. The van der Waals surface area contributed by atoms with E-state index in [4.69, 9.17) is 5.73 Å². The van der Waals surface area contributed by atoms with Gasteiger partial charge in [-0.1, -0.05) is 35.6 Å². The molecule has 0 aliphatic heterocycles. The van der Waals surface area contributed by atoms with Crippen LogP contribution in [0.15, 0.2) is 36.4 Å². The van der Waals surface area contributed by atoms with Gasteiger partial charge in [0.1, 0.15) is 5.01 Å². The zero-order chi connectivity index (χ0) is 13.7. The largest absolute Gasteiger partial charge is 0.398 e. The van der Waals surface area contributed by atoms with E-state index in [-0.39, 0.29) is 0 Å². The van der Waals surface area contributed by atoms with Gasteiger partial charge in [-0.25, -0.2) is 0 Å². The Labute approximate surface area is 118 Å². The van der Waals surface area contributed by atoms with Gasteiger partial charge >= 0.3 is 0 Å². The van der Waals surface area contributed by atoms with E-state index in [9.17, 15) is 0 Å². The highest BCUT2D eigenvalue weighted by atomic mass is 32.1. The Morgan fingerprint density at radius 1 is 1.10 bits per heavy atom. The highest BCUT2D eigenvalue weighted by molar-refractivity contribution is 7.19. The monoisotopic (exact) mass is 281 g/mol. The van der Waals surface area contributed by atoms with Gasteiger partial charge < -0.3 is 5.73 Å². The van der Waals surface area contributed by atoms with Gasteiger partial charge in [0.2, 0.25) is 4.96 Å². The third-order valence-electron chi connectivity index (χ3n) is 3.30. The molecule has 0 aliphatic carbocycles. The average Bonchev–Trinajstić information content (AvgIpc) is 3.01. The minimum atomic E-state index is 0.728. The van der Waals surface area contributed by atoms with Crippen LogP contribution in [0.5, 0.6) is 0 Å². The van der Waals surface area contributed by atoms with Crippen molar-refractivity contribution < 1.29 is 0 Å². The van der Waals surface area contributed by atoms with Gasteiger partial charge in [-0.2, -0.15) is 9.61 Å². The van der Waals surface area contributed by atoms with Crippen LogP contribution in [0.25, 0.3) is 26.3 Å². The second-order valence-corrected chi connectivity index (χ2v) is 5.59. The van der Waals surface area contributed by atoms with Gasteiger partial charge in [0, 0.05) is 11.3 Å². The van der Waals surface area contributed by atoms with E-state index in [0.29, 0.717) is 0 Å².